The average Bonchev–Trinajstić information content (AvgIpc) is 2.78. The van der Waals surface area contributed by atoms with Crippen molar-refractivity contribution in [3.05, 3.63) is 29.7 Å². The minimum Gasteiger partial charge on any atom is -0.389 e. The highest BCUT2D eigenvalue weighted by Crippen LogP contribution is 2.35. The second-order valence-electron chi connectivity index (χ2n) is 11.2. The predicted octanol–water partition coefficient (Wildman–Crippen LogP) is 9.09. The molecule has 0 aromatic carbocycles. The van der Waals surface area contributed by atoms with E-state index in [4.69, 9.17) is 4.74 Å². The van der Waals surface area contributed by atoms with Crippen molar-refractivity contribution in [2.24, 2.45) is 23.7 Å². The molecule has 194 valence electrons. The summed E-state index contributed by atoms with van der Waals surface area (Å²) in [5.41, 5.74) is 2.92. The fourth-order valence-electron chi connectivity index (χ4n) is 5.05. The van der Waals surface area contributed by atoms with Crippen LogP contribution in [0.3, 0.4) is 0 Å². The van der Waals surface area contributed by atoms with Crippen molar-refractivity contribution in [2.45, 2.75) is 138 Å². The van der Waals surface area contributed by atoms with Gasteiger partial charge in [-0.05, 0) is 81.1 Å². The van der Waals surface area contributed by atoms with Crippen LogP contribution in [0.25, 0.3) is 0 Å². The highest BCUT2D eigenvalue weighted by atomic mass is 16.5. The molecule has 1 aliphatic rings. The molecule has 0 aromatic heterocycles. The number of allylic oxidation sites excluding steroid dienone is 2. The van der Waals surface area contributed by atoms with E-state index in [2.05, 4.69) is 67.0 Å². The van der Waals surface area contributed by atoms with Crippen LogP contribution in [0.15, 0.2) is 23.3 Å². The SMILES string of the molecule is C[CH-]CCCC(C)CC/C=C(\C)CCCC(C)CCC1=CC(O)C(C)C(C)C1OCCCC. The Morgan fingerprint density at radius 1 is 1.06 bits per heavy atom. The maximum Gasteiger partial charge on any atom is 0.0815 e. The number of unbranched alkanes of at least 4 members (excludes halogenated alkanes) is 3. The maximum absolute atomic E-state index is 10.5. The number of ether oxygens (including phenoxy) is 1. The highest BCUT2D eigenvalue weighted by molar-refractivity contribution is 5.18. The van der Waals surface area contributed by atoms with E-state index in [1.165, 1.54) is 69.8 Å². The second kappa shape index (κ2) is 17.8. The Labute approximate surface area is 207 Å². The third-order valence-electron chi connectivity index (χ3n) is 7.93. The van der Waals surface area contributed by atoms with Crippen LogP contribution in [0.5, 0.6) is 0 Å². The second-order valence-corrected chi connectivity index (χ2v) is 11.2. The molecule has 1 rings (SSSR count). The average molecular weight is 462 g/mol. The van der Waals surface area contributed by atoms with E-state index in [9.17, 15) is 5.11 Å². The van der Waals surface area contributed by atoms with E-state index in [-0.39, 0.29) is 18.1 Å². The van der Waals surface area contributed by atoms with Crippen LogP contribution in [-0.2, 0) is 4.74 Å². The number of rotatable bonds is 18. The van der Waals surface area contributed by atoms with Gasteiger partial charge in [0.1, 0.15) is 0 Å². The molecule has 0 amide bonds. The zero-order valence-corrected chi connectivity index (χ0v) is 23.2. The maximum atomic E-state index is 10.5. The number of hydrogen-bond donors (Lipinski definition) is 1. The van der Waals surface area contributed by atoms with Gasteiger partial charge in [-0.2, -0.15) is 13.3 Å². The Morgan fingerprint density at radius 3 is 2.45 bits per heavy atom. The van der Waals surface area contributed by atoms with E-state index in [0.29, 0.717) is 5.92 Å². The van der Waals surface area contributed by atoms with E-state index in [0.717, 1.165) is 31.3 Å². The first-order chi connectivity index (χ1) is 15.8. The monoisotopic (exact) mass is 461 g/mol. The van der Waals surface area contributed by atoms with Crippen LogP contribution in [0, 0.1) is 30.1 Å². The van der Waals surface area contributed by atoms with Gasteiger partial charge in [0.15, 0.2) is 0 Å². The zero-order valence-electron chi connectivity index (χ0n) is 23.2. The fraction of sp³-hybridized carbons (Fsp3) is 0.839. The number of hydrogen-bond acceptors (Lipinski definition) is 2. The topological polar surface area (TPSA) is 29.5 Å². The molecule has 1 aliphatic carbocycles. The Hall–Kier alpha value is -0.600. The molecule has 0 fully saturated rings. The van der Waals surface area contributed by atoms with Gasteiger partial charge in [0.2, 0.25) is 0 Å². The Bertz CT molecular complexity index is 549. The molecule has 1 N–H and O–H groups in total. The molecule has 0 radical (unpaired) electrons. The van der Waals surface area contributed by atoms with Crippen molar-refractivity contribution in [3.8, 4) is 0 Å². The lowest BCUT2D eigenvalue weighted by atomic mass is 9.76. The quantitative estimate of drug-likeness (QED) is 0.125. The minimum atomic E-state index is -0.322. The first-order valence-corrected chi connectivity index (χ1v) is 14.2. The third-order valence-corrected chi connectivity index (χ3v) is 7.93. The standard InChI is InChI=1S/C31H57O2/c1-8-10-12-15-24(3)16-13-17-25(4)18-14-19-26(5)20-21-29-23-30(32)27(6)28(7)31(29)33-22-11-9-2/h8,17,23-24,26-28,30-32H,9-16,18-22H2,1-7H3/q-1/b25-17+. The van der Waals surface area contributed by atoms with Gasteiger partial charge in [0.25, 0.3) is 0 Å². The lowest BCUT2D eigenvalue weighted by Crippen LogP contribution is -2.39. The van der Waals surface area contributed by atoms with Crippen LogP contribution in [-0.4, -0.2) is 23.9 Å². The van der Waals surface area contributed by atoms with Crippen LogP contribution < -0.4 is 0 Å². The van der Waals surface area contributed by atoms with Crippen molar-refractivity contribution in [1.82, 2.24) is 0 Å². The Balaban J connectivity index is 2.35. The van der Waals surface area contributed by atoms with Gasteiger partial charge in [-0.3, -0.25) is 0 Å². The molecule has 2 heteroatoms. The van der Waals surface area contributed by atoms with Gasteiger partial charge in [-0.1, -0.05) is 78.0 Å². The van der Waals surface area contributed by atoms with Gasteiger partial charge in [-0.15, -0.1) is 0 Å². The van der Waals surface area contributed by atoms with E-state index in [1.807, 2.05) is 0 Å². The van der Waals surface area contributed by atoms with Crippen molar-refractivity contribution in [2.75, 3.05) is 6.61 Å². The summed E-state index contributed by atoms with van der Waals surface area (Å²) in [6.07, 6.45) is 21.7. The molecule has 33 heavy (non-hydrogen) atoms. The summed E-state index contributed by atoms with van der Waals surface area (Å²) in [6.45, 7) is 16.7. The molecule has 0 saturated carbocycles. The summed E-state index contributed by atoms with van der Waals surface area (Å²) < 4.78 is 6.31. The van der Waals surface area contributed by atoms with Crippen molar-refractivity contribution in [1.29, 1.82) is 0 Å². The summed E-state index contributed by atoms with van der Waals surface area (Å²) >= 11 is 0. The summed E-state index contributed by atoms with van der Waals surface area (Å²) in [5, 5.41) is 10.5. The number of aliphatic hydroxyl groups is 1. The third kappa shape index (κ3) is 12.6. The molecular weight excluding hydrogens is 404 g/mol. The van der Waals surface area contributed by atoms with Gasteiger partial charge < -0.3 is 16.3 Å². The van der Waals surface area contributed by atoms with Crippen molar-refractivity contribution < 1.29 is 9.84 Å². The van der Waals surface area contributed by atoms with Gasteiger partial charge in [0.05, 0.1) is 12.2 Å². The fourth-order valence-corrected chi connectivity index (χ4v) is 5.05. The van der Waals surface area contributed by atoms with Crippen LogP contribution >= 0.6 is 0 Å². The normalized spacial score (nSPS) is 25.7. The van der Waals surface area contributed by atoms with Crippen LogP contribution in [0.4, 0.5) is 0 Å². The van der Waals surface area contributed by atoms with Crippen molar-refractivity contribution in [3.63, 3.8) is 0 Å². The summed E-state index contributed by atoms with van der Waals surface area (Å²) in [5.74, 6) is 2.22. The van der Waals surface area contributed by atoms with Gasteiger partial charge in [-0.25, -0.2) is 0 Å². The molecule has 0 aromatic rings. The molecule has 6 unspecified atom stereocenters. The van der Waals surface area contributed by atoms with E-state index < -0.39 is 0 Å². The smallest absolute Gasteiger partial charge is 0.0815 e. The Morgan fingerprint density at radius 2 is 1.76 bits per heavy atom. The van der Waals surface area contributed by atoms with Gasteiger partial charge in [0, 0.05) is 6.61 Å². The summed E-state index contributed by atoms with van der Waals surface area (Å²) in [4.78, 5) is 0. The van der Waals surface area contributed by atoms with Gasteiger partial charge >= 0.3 is 0 Å². The molecule has 0 aliphatic heterocycles. The highest BCUT2D eigenvalue weighted by Gasteiger charge is 2.34. The predicted molar refractivity (Wildman–Crippen MR) is 145 cm³/mol. The molecule has 0 heterocycles. The molecule has 6 atom stereocenters. The first-order valence-electron chi connectivity index (χ1n) is 14.2. The molecule has 0 spiro atoms. The zero-order chi connectivity index (χ0) is 24.6. The Kier molecular flexibility index (Phi) is 16.4. The van der Waals surface area contributed by atoms with E-state index >= 15 is 0 Å². The largest absolute Gasteiger partial charge is 0.389 e. The molecular formula is C31H57O2-. The summed E-state index contributed by atoms with van der Waals surface area (Å²) in [7, 11) is 0. The molecule has 2 nitrogen and oxygen atoms in total. The molecule has 0 bridgehead atoms. The van der Waals surface area contributed by atoms with Crippen LogP contribution in [0.1, 0.15) is 126 Å². The number of aliphatic hydroxyl groups excluding tert-OH is 1. The lowest BCUT2D eigenvalue weighted by molar-refractivity contribution is -0.0123. The lowest BCUT2D eigenvalue weighted by Gasteiger charge is -2.37. The first kappa shape index (κ1) is 30.4. The summed E-state index contributed by atoms with van der Waals surface area (Å²) in [6, 6.07) is 0. The minimum absolute atomic E-state index is 0.190. The van der Waals surface area contributed by atoms with Crippen molar-refractivity contribution >= 4 is 0 Å². The van der Waals surface area contributed by atoms with E-state index in [1.54, 1.807) is 5.57 Å². The molecule has 0 saturated heterocycles. The van der Waals surface area contributed by atoms with Crippen LogP contribution in [0.2, 0.25) is 0 Å².